The van der Waals surface area contributed by atoms with Gasteiger partial charge in [-0.25, -0.2) is 21.9 Å². The molecule has 5 nitrogen and oxygen atoms in total. The minimum atomic E-state index is -3.57. The zero-order valence-corrected chi connectivity index (χ0v) is 14.2. The summed E-state index contributed by atoms with van der Waals surface area (Å²) < 4.78 is 51.7. The van der Waals surface area contributed by atoms with Crippen LogP contribution in [0.4, 0.5) is 8.78 Å². The summed E-state index contributed by atoms with van der Waals surface area (Å²) >= 11 is 0. The molecule has 25 heavy (non-hydrogen) atoms. The molecule has 2 N–H and O–H groups in total. The highest BCUT2D eigenvalue weighted by molar-refractivity contribution is 7.88. The second-order valence-corrected chi connectivity index (χ2v) is 7.24. The second-order valence-electron chi connectivity index (χ2n) is 5.43. The van der Waals surface area contributed by atoms with E-state index in [-0.39, 0.29) is 37.0 Å². The normalized spacial score (nSPS) is 11.3. The number of hydrogen-bond acceptors (Lipinski definition) is 3. The van der Waals surface area contributed by atoms with E-state index in [0.29, 0.717) is 11.1 Å². The van der Waals surface area contributed by atoms with Gasteiger partial charge in [0, 0.05) is 13.1 Å². The first-order valence-electron chi connectivity index (χ1n) is 7.57. The zero-order valence-electron chi connectivity index (χ0n) is 13.3. The Morgan fingerprint density at radius 3 is 1.92 bits per heavy atom. The van der Waals surface area contributed by atoms with Crippen molar-refractivity contribution in [3.63, 3.8) is 0 Å². The van der Waals surface area contributed by atoms with Crippen molar-refractivity contribution in [1.29, 1.82) is 0 Å². The molecule has 0 saturated heterocycles. The Balaban J connectivity index is 1.71. The van der Waals surface area contributed by atoms with Gasteiger partial charge in [-0.3, -0.25) is 4.79 Å². The molecular weight excluding hydrogens is 350 g/mol. The fraction of sp³-hybridized carbons (Fsp3) is 0.235. The molecule has 2 aromatic carbocycles. The molecule has 2 rings (SSSR count). The average Bonchev–Trinajstić information content (AvgIpc) is 2.56. The van der Waals surface area contributed by atoms with Gasteiger partial charge in [0.1, 0.15) is 11.6 Å². The van der Waals surface area contributed by atoms with Crippen LogP contribution in [0.3, 0.4) is 0 Å². The van der Waals surface area contributed by atoms with Crippen LogP contribution >= 0.6 is 0 Å². The Hall–Kier alpha value is -2.32. The van der Waals surface area contributed by atoms with E-state index in [9.17, 15) is 22.0 Å². The molecule has 2 aromatic rings. The molecule has 1 amide bonds. The maximum atomic E-state index is 12.8. The number of carbonyl (C=O) groups excluding carboxylic acids is 1. The molecular formula is C17H18F2N2O3S. The van der Waals surface area contributed by atoms with Gasteiger partial charge in [0.15, 0.2) is 0 Å². The first-order chi connectivity index (χ1) is 11.8. The SMILES string of the molecule is O=C(Cc1ccc(F)cc1)NCCNS(=O)(=O)Cc1ccc(F)cc1. The quantitative estimate of drug-likeness (QED) is 0.697. The number of rotatable bonds is 8. The van der Waals surface area contributed by atoms with Crippen LogP contribution in [0.5, 0.6) is 0 Å². The average molecular weight is 368 g/mol. The number of nitrogens with one attached hydrogen (secondary N) is 2. The predicted octanol–water partition coefficient (Wildman–Crippen LogP) is 1.74. The molecule has 134 valence electrons. The van der Waals surface area contributed by atoms with E-state index < -0.39 is 15.8 Å². The van der Waals surface area contributed by atoms with Crippen molar-refractivity contribution >= 4 is 15.9 Å². The summed E-state index contributed by atoms with van der Waals surface area (Å²) in [5.41, 5.74) is 1.13. The van der Waals surface area contributed by atoms with Gasteiger partial charge in [-0.2, -0.15) is 0 Å². The molecule has 0 fully saturated rings. The summed E-state index contributed by atoms with van der Waals surface area (Å²) in [4.78, 5) is 11.7. The Morgan fingerprint density at radius 2 is 1.36 bits per heavy atom. The van der Waals surface area contributed by atoms with Crippen LogP contribution in [-0.2, 0) is 27.0 Å². The number of carbonyl (C=O) groups is 1. The summed E-state index contributed by atoms with van der Waals surface area (Å²) in [5.74, 6) is -1.36. The first-order valence-corrected chi connectivity index (χ1v) is 9.22. The van der Waals surface area contributed by atoms with Crippen molar-refractivity contribution < 1.29 is 22.0 Å². The van der Waals surface area contributed by atoms with Crippen LogP contribution in [-0.4, -0.2) is 27.4 Å². The maximum absolute atomic E-state index is 12.8. The lowest BCUT2D eigenvalue weighted by molar-refractivity contribution is -0.120. The van der Waals surface area contributed by atoms with Crippen LogP contribution in [0.1, 0.15) is 11.1 Å². The third-order valence-corrected chi connectivity index (χ3v) is 4.67. The van der Waals surface area contributed by atoms with E-state index in [1.165, 1.54) is 48.5 Å². The lowest BCUT2D eigenvalue weighted by atomic mass is 10.1. The van der Waals surface area contributed by atoms with Crippen molar-refractivity contribution in [2.24, 2.45) is 0 Å². The number of halogens is 2. The maximum Gasteiger partial charge on any atom is 0.224 e. The standard InChI is InChI=1S/C17H18F2N2O3S/c18-15-5-1-13(2-6-15)11-17(22)20-9-10-21-25(23,24)12-14-3-7-16(19)8-4-14/h1-8,21H,9-12H2,(H,20,22). The molecule has 0 bridgehead atoms. The van der Waals surface area contributed by atoms with E-state index in [1.807, 2.05) is 0 Å². The Morgan fingerprint density at radius 1 is 0.840 bits per heavy atom. The minimum Gasteiger partial charge on any atom is -0.355 e. The van der Waals surface area contributed by atoms with Gasteiger partial charge >= 0.3 is 0 Å². The first kappa shape index (κ1) is 19.0. The van der Waals surface area contributed by atoms with Crippen LogP contribution in [0, 0.1) is 11.6 Å². The smallest absolute Gasteiger partial charge is 0.224 e. The summed E-state index contributed by atoms with van der Waals surface area (Å²) in [6.45, 7) is 0.168. The van der Waals surface area contributed by atoms with Crippen molar-refractivity contribution in [1.82, 2.24) is 10.0 Å². The fourth-order valence-electron chi connectivity index (χ4n) is 2.11. The van der Waals surface area contributed by atoms with Crippen molar-refractivity contribution in [2.45, 2.75) is 12.2 Å². The fourth-order valence-corrected chi connectivity index (χ4v) is 3.26. The van der Waals surface area contributed by atoms with E-state index in [2.05, 4.69) is 10.0 Å². The van der Waals surface area contributed by atoms with Gasteiger partial charge in [-0.05, 0) is 35.4 Å². The molecule has 0 aliphatic heterocycles. The number of benzene rings is 2. The topological polar surface area (TPSA) is 75.3 Å². The third-order valence-electron chi connectivity index (χ3n) is 3.32. The molecule has 0 radical (unpaired) electrons. The molecule has 0 saturated carbocycles. The lowest BCUT2D eigenvalue weighted by Gasteiger charge is -2.08. The Kier molecular flexibility index (Phi) is 6.60. The minimum absolute atomic E-state index is 0.0404. The summed E-state index contributed by atoms with van der Waals surface area (Å²) in [5, 5.41) is 2.58. The summed E-state index contributed by atoms with van der Waals surface area (Å²) in [6.07, 6.45) is 0.0859. The highest BCUT2D eigenvalue weighted by Crippen LogP contribution is 2.06. The largest absolute Gasteiger partial charge is 0.355 e. The van der Waals surface area contributed by atoms with Gasteiger partial charge in [0.25, 0.3) is 0 Å². The molecule has 8 heteroatoms. The Bertz CT molecular complexity index is 807. The molecule has 0 spiro atoms. The number of sulfonamides is 1. The Labute approximate surface area is 145 Å². The summed E-state index contributed by atoms with van der Waals surface area (Å²) in [7, 11) is -3.57. The van der Waals surface area contributed by atoms with Crippen molar-refractivity contribution in [3.05, 3.63) is 71.3 Å². The van der Waals surface area contributed by atoms with Crippen LogP contribution < -0.4 is 10.0 Å². The molecule has 0 unspecified atom stereocenters. The van der Waals surface area contributed by atoms with Gasteiger partial charge < -0.3 is 5.32 Å². The lowest BCUT2D eigenvalue weighted by Crippen LogP contribution is -2.35. The van der Waals surface area contributed by atoms with Crippen LogP contribution in [0.25, 0.3) is 0 Å². The van der Waals surface area contributed by atoms with Crippen molar-refractivity contribution in [2.75, 3.05) is 13.1 Å². The van der Waals surface area contributed by atoms with Gasteiger partial charge in [-0.15, -0.1) is 0 Å². The number of amides is 1. The van der Waals surface area contributed by atoms with Gasteiger partial charge in [0.05, 0.1) is 12.2 Å². The summed E-state index contributed by atoms with van der Waals surface area (Å²) in [6, 6.07) is 10.8. The predicted molar refractivity (Wildman–Crippen MR) is 90.1 cm³/mol. The van der Waals surface area contributed by atoms with Crippen LogP contribution in [0.15, 0.2) is 48.5 Å². The molecule has 0 aliphatic rings. The van der Waals surface area contributed by atoms with E-state index >= 15 is 0 Å². The van der Waals surface area contributed by atoms with E-state index in [4.69, 9.17) is 0 Å². The van der Waals surface area contributed by atoms with Crippen LogP contribution in [0.2, 0.25) is 0 Å². The van der Waals surface area contributed by atoms with E-state index in [1.54, 1.807) is 0 Å². The van der Waals surface area contributed by atoms with Gasteiger partial charge in [0.2, 0.25) is 15.9 Å². The molecule has 0 atom stereocenters. The highest BCUT2D eigenvalue weighted by Gasteiger charge is 2.11. The van der Waals surface area contributed by atoms with Gasteiger partial charge in [-0.1, -0.05) is 24.3 Å². The molecule has 0 heterocycles. The molecule has 0 aromatic heterocycles. The van der Waals surface area contributed by atoms with E-state index in [0.717, 1.165) is 0 Å². The zero-order chi connectivity index (χ0) is 18.3. The highest BCUT2D eigenvalue weighted by atomic mass is 32.2. The second kappa shape index (κ2) is 8.68. The number of hydrogen-bond donors (Lipinski definition) is 2. The monoisotopic (exact) mass is 368 g/mol. The molecule has 0 aliphatic carbocycles. The van der Waals surface area contributed by atoms with Crippen molar-refractivity contribution in [3.8, 4) is 0 Å². The third kappa shape index (κ3) is 6.98.